The highest BCUT2D eigenvalue weighted by molar-refractivity contribution is 5.84. The van der Waals surface area contributed by atoms with E-state index in [1.54, 1.807) is 0 Å². The van der Waals surface area contributed by atoms with E-state index in [9.17, 15) is 4.79 Å². The molecule has 0 spiro atoms. The van der Waals surface area contributed by atoms with Crippen molar-refractivity contribution in [3.05, 3.63) is 65.7 Å². The summed E-state index contributed by atoms with van der Waals surface area (Å²) in [5, 5.41) is 3.18. The van der Waals surface area contributed by atoms with E-state index in [4.69, 9.17) is 5.73 Å². The molecule has 3 heteroatoms. The van der Waals surface area contributed by atoms with Crippen molar-refractivity contribution in [2.24, 2.45) is 5.73 Å². The van der Waals surface area contributed by atoms with E-state index in [0.29, 0.717) is 0 Å². The molecule has 1 aliphatic rings. The van der Waals surface area contributed by atoms with Gasteiger partial charge in [-0.05, 0) is 42.0 Å². The van der Waals surface area contributed by atoms with Gasteiger partial charge in [0, 0.05) is 5.69 Å². The van der Waals surface area contributed by atoms with Gasteiger partial charge >= 0.3 is 0 Å². The van der Waals surface area contributed by atoms with Crippen molar-refractivity contribution in [3.63, 3.8) is 0 Å². The zero-order valence-corrected chi connectivity index (χ0v) is 11.3. The number of nitrogens with two attached hydrogens (primary N) is 1. The van der Waals surface area contributed by atoms with Crippen LogP contribution in [0.3, 0.4) is 0 Å². The summed E-state index contributed by atoms with van der Waals surface area (Å²) in [6, 6.07) is 17.4. The van der Waals surface area contributed by atoms with Crippen molar-refractivity contribution in [1.29, 1.82) is 0 Å². The van der Waals surface area contributed by atoms with Crippen molar-refractivity contribution >= 4 is 11.6 Å². The minimum atomic E-state index is -0.495. The fraction of sp³-hybridized carbons (Fsp3) is 0.235. The Bertz CT molecular complexity index is 588. The van der Waals surface area contributed by atoms with E-state index < -0.39 is 6.04 Å². The predicted molar refractivity (Wildman–Crippen MR) is 80.4 cm³/mol. The van der Waals surface area contributed by atoms with Crippen molar-refractivity contribution in [3.8, 4) is 0 Å². The van der Waals surface area contributed by atoms with Crippen molar-refractivity contribution in [2.75, 3.05) is 5.32 Å². The minimum Gasteiger partial charge on any atom is -0.370 e. The van der Waals surface area contributed by atoms with Gasteiger partial charge in [-0.25, -0.2) is 0 Å². The number of benzene rings is 2. The topological polar surface area (TPSA) is 55.1 Å². The van der Waals surface area contributed by atoms with Gasteiger partial charge < -0.3 is 11.1 Å². The number of rotatable bonds is 5. The van der Waals surface area contributed by atoms with Crippen LogP contribution in [0.4, 0.5) is 5.69 Å². The first-order chi connectivity index (χ1) is 9.74. The molecule has 1 fully saturated rings. The van der Waals surface area contributed by atoms with Gasteiger partial charge in [0.25, 0.3) is 0 Å². The first kappa shape index (κ1) is 12.7. The third-order valence-corrected chi connectivity index (χ3v) is 3.69. The number of primary amides is 1. The molecule has 0 radical (unpaired) electrons. The normalized spacial score (nSPS) is 15.6. The molecule has 0 saturated heterocycles. The molecule has 3 nitrogen and oxygen atoms in total. The van der Waals surface area contributed by atoms with E-state index in [2.05, 4.69) is 17.4 Å². The molecule has 2 aromatic carbocycles. The number of nitrogens with one attached hydrogen (secondary N) is 1. The van der Waals surface area contributed by atoms with Crippen LogP contribution in [0.1, 0.15) is 35.9 Å². The Morgan fingerprint density at radius 3 is 2.25 bits per heavy atom. The van der Waals surface area contributed by atoms with Crippen molar-refractivity contribution < 1.29 is 4.79 Å². The summed E-state index contributed by atoms with van der Waals surface area (Å²) in [6.45, 7) is 0. The maximum absolute atomic E-state index is 11.7. The molecular weight excluding hydrogens is 248 g/mol. The van der Waals surface area contributed by atoms with Gasteiger partial charge in [-0.1, -0.05) is 42.5 Å². The van der Waals surface area contributed by atoms with Gasteiger partial charge in [0.15, 0.2) is 0 Å². The van der Waals surface area contributed by atoms with E-state index >= 15 is 0 Å². The standard InChI is InChI=1S/C17H18N2O/c18-17(20)16(19-15-4-2-1-3-5-15)14-10-8-13(9-11-14)12-6-7-12/h1-5,8-12,16,19H,6-7H2,(H2,18,20). The molecule has 0 bridgehead atoms. The Hall–Kier alpha value is -2.29. The second-order valence-corrected chi connectivity index (χ2v) is 5.29. The summed E-state index contributed by atoms with van der Waals surface area (Å²) < 4.78 is 0. The van der Waals surface area contributed by atoms with Gasteiger partial charge in [-0.15, -0.1) is 0 Å². The number of para-hydroxylation sites is 1. The molecule has 102 valence electrons. The molecule has 1 unspecified atom stereocenters. The number of hydrogen-bond acceptors (Lipinski definition) is 2. The van der Waals surface area contributed by atoms with Crippen LogP contribution in [0.15, 0.2) is 54.6 Å². The second kappa shape index (κ2) is 5.37. The molecule has 0 aromatic heterocycles. The average Bonchev–Trinajstić information content (AvgIpc) is 3.30. The smallest absolute Gasteiger partial charge is 0.244 e. The summed E-state index contributed by atoms with van der Waals surface area (Å²) in [7, 11) is 0. The van der Waals surface area contributed by atoms with Crippen LogP contribution in [0.2, 0.25) is 0 Å². The van der Waals surface area contributed by atoms with Crippen LogP contribution < -0.4 is 11.1 Å². The molecule has 1 aliphatic carbocycles. The van der Waals surface area contributed by atoms with E-state index in [1.807, 2.05) is 42.5 Å². The third-order valence-electron chi connectivity index (χ3n) is 3.69. The predicted octanol–water partition coefficient (Wildman–Crippen LogP) is 3.20. The summed E-state index contributed by atoms with van der Waals surface area (Å²) in [5.74, 6) is 0.353. The largest absolute Gasteiger partial charge is 0.370 e. The van der Waals surface area contributed by atoms with Gasteiger partial charge in [0.2, 0.25) is 5.91 Å². The number of amides is 1. The lowest BCUT2D eigenvalue weighted by molar-refractivity contribution is -0.118. The summed E-state index contributed by atoms with van der Waals surface area (Å²) in [6.07, 6.45) is 2.56. The van der Waals surface area contributed by atoms with Crippen LogP contribution >= 0.6 is 0 Å². The zero-order valence-electron chi connectivity index (χ0n) is 11.3. The molecular formula is C17H18N2O. The summed E-state index contributed by atoms with van der Waals surface area (Å²) in [5.41, 5.74) is 8.68. The molecule has 20 heavy (non-hydrogen) atoms. The van der Waals surface area contributed by atoms with Crippen LogP contribution in [-0.2, 0) is 4.79 Å². The molecule has 1 saturated carbocycles. The fourth-order valence-corrected chi connectivity index (χ4v) is 2.40. The minimum absolute atomic E-state index is 0.368. The van der Waals surface area contributed by atoms with Crippen LogP contribution in [0.25, 0.3) is 0 Å². The Labute approximate surface area is 118 Å². The lowest BCUT2D eigenvalue weighted by atomic mass is 10.0. The number of hydrogen-bond donors (Lipinski definition) is 2. The first-order valence-corrected chi connectivity index (χ1v) is 6.95. The van der Waals surface area contributed by atoms with Crippen molar-refractivity contribution in [1.82, 2.24) is 0 Å². The summed E-state index contributed by atoms with van der Waals surface area (Å²) in [4.78, 5) is 11.7. The Balaban J connectivity index is 1.80. The molecule has 3 N–H and O–H groups in total. The number of carbonyl (C=O) groups is 1. The van der Waals surface area contributed by atoms with Gasteiger partial charge in [0.1, 0.15) is 6.04 Å². The Kier molecular flexibility index (Phi) is 3.42. The maximum atomic E-state index is 11.7. The fourth-order valence-electron chi connectivity index (χ4n) is 2.40. The Morgan fingerprint density at radius 1 is 1.05 bits per heavy atom. The highest BCUT2D eigenvalue weighted by atomic mass is 16.1. The van der Waals surface area contributed by atoms with Crippen LogP contribution in [0.5, 0.6) is 0 Å². The Morgan fingerprint density at radius 2 is 1.70 bits per heavy atom. The second-order valence-electron chi connectivity index (χ2n) is 5.29. The monoisotopic (exact) mass is 266 g/mol. The molecule has 0 aliphatic heterocycles. The molecule has 1 amide bonds. The quantitative estimate of drug-likeness (QED) is 0.873. The average molecular weight is 266 g/mol. The van der Waals surface area contributed by atoms with E-state index in [-0.39, 0.29) is 5.91 Å². The molecule has 2 aromatic rings. The zero-order chi connectivity index (χ0) is 13.9. The van der Waals surface area contributed by atoms with Crippen LogP contribution in [0, 0.1) is 0 Å². The first-order valence-electron chi connectivity index (χ1n) is 6.95. The summed E-state index contributed by atoms with van der Waals surface area (Å²) >= 11 is 0. The van der Waals surface area contributed by atoms with Gasteiger partial charge in [0.05, 0.1) is 0 Å². The third kappa shape index (κ3) is 2.82. The number of anilines is 1. The van der Waals surface area contributed by atoms with Crippen molar-refractivity contribution in [2.45, 2.75) is 24.8 Å². The lowest BCUT2D eigenvalue weighted by Gasteiger charge is -2.17. The van der Waals surface area contributed by atoms with Crippen LogP contribution in [-0.4, -0.2) is 5.91 Å². The maximum Gasteiger partial charge on any atom is 0.244 e. The highest BCUT2D eigenvalue weighted by Gasteiger charge is 2.24. The molecule has 0 heterocycles. The highest BCUT2D eigenvalue weighted by Crippen LogP contribution is 2.40. The molecule has 1 atom stereocenters. The lowest BCUT2D eigenvalue weighted by Crippen LogP contribution is -2.27. The molecule has 3 rings (SSSR count). The van der Waals surface area contributed by atoms with E-state index in [1.165, 1.54) is 18.4 Å². The SMILES string of the molecule is NC(=O)C(Nc1ccccc1)c1ccc(C2CC2)cc1. The van der Waals surface area contributed by atoms with E-state index in [0.717, 1.165) is 17.2 Å². The van der Waals surface area contributed by atoms with Gasteiger partial charge in [-0.3, -0.25) is 4.79 Å². The van der Waals surface area contributed by atoms with Gasteiger partial charge in [-0.2, -0.15) is 0 Å². The number of carbonyl (C=O) groups excluding carboxylic acids is 1.